The summed E-state index contributed by atoms with van der Waals surface area (Å²) < 4.78 is 32.0. The molecule has 1 saturated heterocycles. The van der Waals surface area contributed by atoms with Crippen molar-refractivity contribution in [2.24, 2.45) is 0 Å². The summed E-state index contributed by atoms with van der Waals surface area (Å²) in [6, 6.07) is 6.71. The lowest BCUT2D eigenvalue weighted by Crippen LogP contribution is -2.47. The quantitative estimate of drug-likeness (QED) is 0.583. The van der Waals surface area contributed by atoms with E-state index in [-0.39, 0.29) is 10.6 Å². The Morgan fingerprint density at radius 3 is 2.54 bits per heavy atom. The van der Waals surface area contributed by atoms with Gasteiger partial charge in [0, 0.05) is 38.6 Å². The molecule has 0 spiro atoms. The lowest BCUT2D eigenvalue weighted by atomic mass is 10.3. The Bertz CT molecular complexity index is 1130. The summed E-state index contributed by atoms with van der Waals surface area (Å²) in [6.07, 6.45) is 3.49. The number of hydrogen-bond donors (Lipinski definition) is 0. The second-order valence-electron chi connectivity index (χ2n) is 6.62. The van der Waals surface area contributed by atoms with Crippen molar-refractivity contribution >= 4 is 39.1 Å². The molecule has 4 rings (SSSR count). The van der Waals surface area contributed by atoms with Gasteiger partial charge in [-0.3, -0.25) is 9.47 Å². The Labute approximate surface area is 168 Å². The highest BCUT2D eigenvalue weighted by atomic mass is 32.2. The van der Waals surface area contributed by atoms with E-state index < -0.39 is 9.84 Å². The van der Waals surface area contributed by atoms with Crippen LogP contribution in [0, 0.1) is 4.84 Å². The number of fused-ring (bicyclic) bond motifs is 1. The van der Waals surface area contributed by atoms with Crippen molar-refractivity contribution in [1.29, 1.82) is 0 Å². The fourth-order valence-corrected chi connectivity index (χ4v) is 4.43. The molecule has 0 unspecified atom stereocenters. The maximum Gasteiger partial charge on any atom is 0.270 e. The van der Waals surface area contributed by atoms with Crippen molar-refractivity contribution in [1.82, 2.24) is 19.4 Å². The zero-order chi connectivity index (χ0) is 19.7. The third kappa shape index (κ3) is 3.67. The number of piperazine rings is 1. The smallest absolute Gasteiger partial charge is 0.270 e. The fraction of sp³-hybridized carbons (Fsp3) is 0.389. The highest BCUT2D eigenvalue weighted by Gasteiger charge is 2.21. The Kier molecular flexibility index (Phi) is 5.17. The predicted octanol–water partition coefficient (Wildman–Crippen LogP) is 2.33. The Hall–Kier alpha value is -2.30. The molecule has 0 saturated carbocycles. The monoisotopic (exact) mass is 419 g/mol. The zero-order valence-corrected chi connectivity index (χ0v) is 17.1. The molecule has 1 fully saturated rings. The van der Waals surface area contributed by atoms with Crippen LogP contribution in [0.25, 0.3) is 11.1 Å². The predicted molar refractivity (Wildman–Crippen MR) is 109 cm³/mol. The summed E-state index contributed by atoms with van der Waals surface area (Å²) in [5.41, 5.74) is 1.30. The molecule has 0 bridgehead atoms. The van der Waals surface area contributed by atoms with Crippen LogP contribution in [0.1, 0.15) is 6.92 Å². The van der Waals surface area contributed by atoms with Crippen molar-refractivity contribution in [3.05, 3.63) is 41.5 Å². The summed E-state index contributed by atoms with van der Waals surface area (Å²) in [6.45, 7) is 5.44. The molecule has 0 amide bonds. The van der Waals surface area contributed by atoms with E-state index in [1.54, 1.807) is 43.6 Å². The zero-order valence-electron chi connectivity index (χ0n) is 15.5. The molecule has 1 aliphatic rings. The highest BCUT2D eigenvalue weighted by Crippen LogP contribution is 2.23. The molecule has 10 heteroatoms. The maximum atomic E-state index is 12.2. The van der Waals surface area contributed by atoms with Gasteiger partial charge in [-0.2, -0.15) is 0 Å². The van der Waals surface area contributed by atoms with E-state index in [0.29, 0.717) is 22.6 Å². The number of nitrogens with zero attached hydrogens (tertiary/aromatic N) is 5. The van der Waals surface area contributed by atoms with Gasteiger partial charge in [0.25, 0.3) is 4.84 Å². The first-order valence-electron chi connectivity index (χ1n) is 9.08. The van der Waals surface area contributed by atoms with Crippen LogP contribution in [0.5, 0.6) is 0 Å². The molecule has 148 valence electrons. The molecule has 0 radical (unpaired) electrons. The van der Waals surface area contributed by atoms with E-state index in [2.05, 4.69) is 19.8 Å². The average molecular weight is 420 g/mol. The van der Waals surface area contributed by atoms with Crippen molar-refractivity contribution in [3.8, 4) is 0 Å². The summed E-state index contributed by atoms with van der Waals surface area (Å²) in [5.74, 6) is 0.794. The molecule has 8 nitrogen and oxygen atoms in total. The molecule has 0 aliphatic carbocycles. The van der Waals surface area contributed by atoms with Crippen molar-refractivity contribution in [3.63, 3.8) is 0 Å². The summed E-state index contributed by atoms with van der Waals surface area (Å²) in [5, 5.41) is 0. The molecule has 3 heterocycles. The number of aromatic nitrogens is 3. The van der Waals surface area contributed by atoms with Gasteiger partial charge < -0.3 is 9.32 Å². The minimum Gasteiger partial charge on any atom is -0.429 e. The maximum absolute atomic E-state index is 12.2. The van der Waals surface area contributed by atoms with Gasteiger partial charge in [-0.05, 0) is 36.5 Å². The number of hydrogen-bond acceptors (Lipinski definition) is 8. The lowest BCUT2D eigenvalue weighted by Gasteiger charge is -2.34. The molecule has 3 aromatic rings. The van der Waals surface area contributed by atoms with Crippen LogP contribution in [0.3, 0.4) is 0 Å². The normalized spacial score (nSPS) is 16.0. The number of anilines is 1. The van der Waals surface area contributed by atoms with Crippen LogP contribution in [0.2, 0.25) is 0 Å². The van der Waals surface area contributed by atoms with E-state index in [4.69, 9.17) is 16.6 Å². The third-order valence-electron chi connectivity index (χ3n) is 4.93. The summed E-state index contributed by atoms with van der Waals surface area (Å²) >= 11 is 5.38. The number of rotatable bonds is 5. The molecule has 0 atom stereocenters. The van der Waals surface area contributed by atoms with Crippen LogP contribution in [-0.2, 0) is 16.5 Å². The number of benzene rings is 1. The Morgan fingerprint density at radius 2 is 1.86 bits per heavy atom. The molecule has 2 aromatic heterocycles. The van der Waals surface area contributed by atoms with E-state index in [1.165, 1.54) is 0 Å². The fourth-order valence-electron chi connectivity index (χ4n) is 3.28. The SMILES string of the molecule is CCS(=O)(=O)c1ccc2oc(=S)n(CN3CCN(c4ncccn4)CC3)c2c1. The summed E-state index contributed by atoms with van der Waals surface area (Å²) in [4.78, 5) is 13.6. The largest absolute Gasteiger partial charge is 0.429 e. The molecular weight excluding hydrogens is 398 g/mol. The van der Waals surface area contributed by atoms with Crippen molar-refractivity contribution < 1.29 is 12.8 Å². The van der Waals surface area contributed by atoms with Crippen LogP contribution in [0.4, 0.5) is 5.95 Å². The number of sulfone groups is 1. The molecule has 0 N–H and O–H groups in total. The first-order chi connectivity index (χ1) is 13.5. The topological polar surface area (TPSA) is 84.5 Å². The minimum atomic E-state index is -3.29. The van der Waals surface area contributed by atoms with E-state index in [9.17, 15) is 8.42 Å². The van der Waals surface area contributed by atoms with E-state index in [0.717, 1.165) is 32.1 Å². The van der Waals surface area contributed by atoms with Gasteiger partial charge in [-0.1, -0.05) is 6.92 Å². The van der Waals surface area contributed by atoms with Crippen molar-refractivity contribution in [2.45, 2.75) is 18.5 Å². The van der Waals surface area contributed by atoms with Crippen molar-refractivity contribution in [2.75, 3.05) is 36.8 Å². The second kappa shape index (κ2) is 7.61. The minimum absolute atomic E-state index is 0.0562. The van der Waals surface area contributed by atoms with Gasteiger partial charge >= 0.3 is 0 Å². The second-order valence-corrected chi connectivity index (χ2v) is 9.25. The Balaban J connectivity index is 1.54. The first kappa shape index (κ1) is 19.0. The van der Waals surface area contributed by atoms with E-state index >= 15 is 0 Å². The van der Waals surface area contributed by atoms with Gasteiger partial charge in [-0.15, -0.1) is 0 Å². The first-order valence-corrected chi connectivity index (χ1v) is 11.1. The molecule has 28 heavy (non-hydrogen) atoms. The van der Waals surface area contributed by atoms with Gasteiger partial charge in [0.2, 0.25) is 5.95 Å². The van der Waals surface area contributed by atoms with Crippen LogP contribution in [0.15, 0.2) is 46.0 Å². The number of oxazole rings is 1. The van der Waals surface area contributed by atoms with Crippen LogP contribution >= 0.6 is 12.2 Å². The van der Waals surface area contributed by atoms with E-state index in [1.807, 2.05) is 4.57 Å². The molecule has 1 aromatic carbocycles. The van der Waals surface area contributed by atoms with Gasteiger partial charge in [0.1, 0.15) is 0 Å². The summed E-state index contributed by atoms with van der Waals surface area (Å²) in [7, 11) is -3.29. The van der Waals surface area contributed by atoms with Gasteiger partial charge in [0.05, 0.1) is 22.8 Å². The van der Waals surface area contributed by atoms with Crippen LogP contribution < -0.4 is 4.90 Å². The van der Waals surface area contributed by atoms with Gasteiger partial charge in [-0.25, -0.2) is 18.4 Å². The standard InChI is InChI=1S/C18H21N5O3S2/c1-2-28(24,25)14-4-5-16-15(12-14)23(18(27)26-16)13-21-8-10-22(11-9-21)17-19-6-3-7-20-17/h3-7,12H,2,8-11,13H2,1H3. The Morgan fingerprint density at radius 1 is 1.14 bits per heavy atom. The van der Waals surface area contributed by atoms with Gasteiger partial charge in [0.15, 0.2) is 15.4 Å². The third-order valence-corrected chi connectivity index (χ3v) is 6.96. The highest BCUT2D eigenvalue weighted by molar-refractivity contribution is 7.91. The molecule has 1 aliphatic heterocycles. The lowest BCUT2D eigenvalue weighted by molar-refractivity contribution is 0.203. The van der Waals surface area contributed by atoms with Crippen LogP contribution in [-0.4, -0.2) is 59.8 Å². The molecular formula is C18H21N5O3S2. The average Bonchev–Trinajstić information content (AvgIpc) is 3.04.